The van der Waals surface area contributed by atoms with Crippen LogP contribution >= 0.6 is 0 Å². The van der Waals surface area contributed by atoms with E-state index in [1.807, 2.05) is 18.2 Å². The van der Waals surface area contributed by atoms with Crippen molar-refractivity contribution in [2.24, 2.45) is 0 Å². The number of nitrogens with zero attached hydrogens (tertiary/aromatic N) is 5. The van der Waals surface area contributed by atoms with Crippen molar-refractivity contribution in [1.82, 2.24) is 14.5 Å². The van der Waals surface area contributed by atoms with Crippen LogP contribution in [0.15, 0.2) is 41.3 Å². The van der Waals surface area contributed by atoms with E-state index in [0.717, 1.165) is 50.5 Å². The van der Waals surface area contributed by atoms with Gasteiger partial charge in [-0.1, -0.05) is 0 Å². The highest BCUT2D eigenvalue weighted by Crippen LogP contribution is 2.35. The van der Waals surface area contributed by atoms with Gasteiger partial charge in [-0.05, 0) is 43.2 Å². The maximum atomic E-state index is 12.6. The van der Waals surface area contributed by atoms with Crippen LogP contribution in [0.3, 0.4) is 0 Å². The lowest BCUT2D eigenvalue weighted by Crippen LogP contribution is -2.36. The fourth-order valence-corrected chi connectivity index (χ4v) is 3.64. The van der Waals surface area contributed by atoms with E-state index in [2.05, 4.69) is 32.3 Å². The average molecular weight is 388 g/mol. The van der Waals surface area contributed by atoms with Gasteiger partial charge in [0.15, 0.2) is 0 Å². The Morgan fingerprint density at radius 1 is 1.17 bits per heavy atom. The van der Waals surface area contributed by atoms with Crippen LogP contribution in [-0.2, 0) is 4.74 Å². The molecule has 2 aliphatic rings. The van der Waals surface area contributed by atoms with Crippen LogP contribution in [0.2, 0.25) is 0 Å². The van der Waals surface area contributed by atoms with Gasteiger partial charge in [0, 0.05) is 42.1 Å². The van der Waals surface area contributed by atoms with E-state index < -0.39 is 0 Å². The van der Waals surface area contributed by atoms with Crippen molar-refractivity contribution in [3.8, 4) is 6.07 Å². The van der Waals surface area contributed by atoms with Crippen molar-refractivity contribution in [3.05, 3.63) is 52.4 Å². The van der Waals surface area contributed by atoms with Gasteiger partial charge in [-0.25, -0.2) is 4.98 Å². The molecule has 1 saturated heterocycles. The predicted octanol–water partition coefficient (Wildman–Crippen LogP) is 2.58. The summed E-state index contributed by atoms with van der Waals surface area (Å²) in [5, 5.41) is 13.2. The number of morpholine rings is 1. The van der Waals surface area contributed by atoms with E-state index in [1.165, 1.54) is 0 Å². The molecule has 1 aliphatic carbocycles. The minimum atomic E-state index is -0.276. The van der Waals surface area contributed by atoms with Crippen LogP contribution < -0.4 is 15.8 Å². The first-order valence-electron chi connectivity index (χ1n) is 9.75. The number of aromatic nitrogens is 3. The fraction of sp³-hybridized carbons (Fsp3) is 0.333. The zero-order valence-electron chi connectivity index (χ0n) is 15.8. The Bertz CT molecular complexity index is 1150. The predicted molar refractivity (Wildman–Crippen MR) is 110 cm³/mol. The highest BCUT2D eigenvalue weighted by Gasteiger charge is 2.28. The Hall–Kier alpha value is -3.44. The molecule has 0 bridgehead atoms. The van der Waals surface area contributed by atoms with Gasteiger partial charge in [0.1, 0.15) is 17.3 Å². The molecular formula is C21H20N6O2. The number of rotatable bonds is 4. The second-order valence-corrected chi connectivity index (χ2v) is 7.32. The van der Waals surface area contributed by atoms with Crippen LogP contribution in [0.4, 0.5) is 17.3 Å². The molecule has 3 heterocycles. The molecule has 1 N–H and O–H groups in total. The van der Waals surface area contributed by atoms with Gasteiger partial charge in [-0.2, -0.15) is 10.2 Å². The highest BCUT2D eigenvalue weighted by molar-refractivity contribution is 5.77. The van der Waals surface area contributed by atoms with Crippen molar-refractivity contribution in [3.63, 3.8) is 0 Å². The standard InChI is InChI=1S/C21H20N6O2/c22-12-14-11-15-13-23-21(25-19(15)27(20(14)28)18-5-6-18)24-16-1-3-17(4-2-16)26-7-9-29-10-8-26/h1-4,11,13,18H,5-10H2,(H,23,24,25). The summed E-state index contributed by atoms with van der Waals surface area (Å²) >= 11 is 0. The molecule has 0 amide bonds. The second kappa shape index (κ2) is 7.18. The molecule has 1 aliphatic heterocycles. The molecule has 1 aromatic carbocycles. The molecule has 2 aromatic heterocycles. The number of fused-ring (bicyclic) bond motifs is 1. The first-order valence-corrected chi connectivity index (χ1v) is 9.75. The van der Waals surface area contributed by atoms with Gasteiger partial charge in [0.2, 0.25) is 5.95 Å². The van der Waals surface area contributed by atoms with Crippen LogP contribution in [0.1, 0.15) is 24.4 Å². The third-order valence-corrected chi connectivity index (χ3v) is 5.31. The third-order valence-electron chi connectivity index (χ3n) is 5.31. The number of anilines is 3. The lowest BCUT2D eigenvalue weighted by atomic mass is 10.2. The zero-order valence-corrected chi connectivity index (χ0v) is 15.8. The molecular weight excluding hydrogens is 368 g/mol. The van der Waals surface area contributed by atoms with Crippen LogP contribution in [0.25, 0.3) is 11.0 Å². The summed E-state index contributed by atoms with van der Waals surface area (Å²) in [5.41, 5.74) is 2.45. The van der Waals surface area contributed by atoms with Gasteiger partial charge < -0.3 is 15.0 Å². The van der Waals surface area contributed by atoms with E-state index in [9.17, 15) is 10.1 Å². The average Bonchev–Trinajstić information content (AvgIpc) is 3.59. The van der Waals surface area contributed by atoms with Crippen molar-refractivity contribution in [2.45, 2.75) is 18.9 Å². The lowest BCUT2D eigenvalue weighted by molar-refractivity contribution is 0.122. The van der Waals surface area contributed by atoms with Crippen LogP contribution in [0.5, 0.6) is 0 Å². The first kappa shape index (κ1) is 17.6. The fourth-order valence-electron chi connectivity index (χ4n) is 3.64. The molecule has 29 heavy (non-hydrogen) atoms. The number of hydrogen-bond acceptors (Lipinski definition) is 7. The summed E-state index contributed by atoms with van der Waals surface area (Å²) in [4.78, 5) is 23.8. The molecule has 8 heteroatoms. The Morgan fingerprint density at radius 3 is 2.62 bits per heavy atom. The summed E-state index contributed by atoms with van der Waals surface area (Å²) in [6.07, 6.45) is 3.52. The molecule has 2 fully saturated rings. The number of nitrogens with one attached hydrogen (secondary N) is 1. The molecule has 3 aromatic rings. The van der Waals surface area contributed by atoms with Gasteiger partial charge in [-0.15, -0.1) is 0 Å². The van der Waals surface area contributed by atoms with Crippen molar-refractivity contribution < 1.29 is 4.74 Å². The zero-order chi connectivity index (χ0) is 19.8. The smallest absolute Gasteiger partial charge is 0.270 e. The van der Waals surface area contributed by atoms with E-state index >= 15 is 0 Å². The molecule has 0 atom stereocenters. The van der Waals surface area contributed by atoms with Crippen LogP contribution in [0, 0.1) is 11.3 Å². The number of ether oxygens (including phenoxy) is 1. The first-order chi connectivity index (χ1) is 14.2. The normalized spacial score (nSPS) is 16.6. The monoisotopic (exact) mass is 388 g/mol. The summed E-state index contributed by atoms with van der Waals surface area (Å²) < 4.78 is 7.04. The molecule has 0 radical (unpaired) electrons. The maximum absolute atomic E-state index is 12.6. The van der Waals surface area contributed by atoms with Crippen LogP contribution in [-0.4, -0.2) is 40.8 Å². The molecule has 5 rings (SSSR count). The van der Waals surface area contributed by atoms with Crippen molar-refractivity contribution in [2.75, 3.05) is 36.5 Å². The Labute approximate surface area is 167 Å². The number of nitriles is 1. The lowest BCUT2D eigenvalue weighted by Gasteiger charge is -2.28. The minimum absolute atomic E-state index is 0.119. The molecule has 0 unspecified atom stereocenters. The number of hydrogen-bond donors (Lipinski definition) is 1. The van der Waals surface area contributed by atoms with Gasteiger partial charge in [0.25, 0.3) is 5.56 Å². The van der Waals surface area contributed by atoms with Gasteiger partial charge in [0.05, 0.1) is 13.2 Å². The third kappa shape index (κ3) is 3.41. The summed E-state index contributed by atoms with van der Waals surface area (Å²) in [6, 6.07) is 11.8. The Balaban J connectivity index is 1.44. The summed E-state index contributed by atoms with van der Waals surface area (Å²) in [6.45, 7) is 3.29. The number of pyridine rings is 1. The topological polar surface area (TPSA) is 96.1 Å². The van der Waals surface area contributed by atoms with Crippen molar-refractivity contribution in [1.29, 1.82) is 5.26 Å². The minimum Gasteiger partial charge on any atom is -0.378 e. The molecule has 0 spiro atoms. The Morgan fingerprint density at radius 2 is 1.93 bits per heavy atom. The second-order valence-electron chi connectivity index (χ2n) is 7.32. The summed E-state index contributed by atoms with van der Waals surface area (Å²) in [5.74, 6) is 0.426. The van der Waals surface area contributed by atoms with Gasteiger partial charge in [-0.3, -0.25) is 9.36 Å². The van der Waals surface area contributed by atoms with E-state index in [-0.39, 0.29) is 17.2 Å². The van der Waals surface area contributed by atoms with E-state index in [1.54, 1.807) is 16.8 Å². The Kier molecular flexibility index (Phi) is 4.37. The SMILES string of the molecule is N#Cc1cc2cnc(Nc3ccc(N4CCOCC4)cc3)nc2n(C2CC2)c1=O. The largest absolute Gasteiger partial charge is 0.378 e. The molecule has 146 valence electrons. The van der Waals surface area contributed by atoms with E-state index in [4.69, 9.17) is 4.74 Å². The van der Waals surface area contributed by atoms with Gasteiger partial charge >= 0.3 is 0 Å². The highest BCUT2D eigenvalue weighted by atomic mass is 16.5. The summed E-state index contributed by atoms with van der Waals surface area (Å²) in [7, 11) is 0. The quantitative estimate of drug-likeness (QED) is 0.734. The molecule has 8 nitrogen and oxygen atoms in total. The number of benzene rings is 1. The van der Waals surface area contributed by atoms with E-state index in [0.29, 0.717) is 17.0 Å². The van der Waals surface area contributed by atoms with Crippen molar-refractivity contribution >= 4 is 28.4 Å². The molecule has 1 saturated carbocycles. The maximum Gasteiger partial charge on any atom is 0.270 e.